The number of likely N-dealkylation sites (tertiary alicyclic amines) is 1. The van der Waals surface area contributed by atoms with E-state index in [0.29, 0.717) is 0 Å². The molecule has 0 saturated carbocycles. The molecule has 2 fully saturated rings. The first-order chi connectivity index (χ1) is 7.20. The van der Waals surface area contributed by atoms with Crippen molar-refractivity contribution in [3.05, 3.63) is 0 Å². The van der Waals surface area contributed by atoms with Crippen LogP contribution in [0.25, 0.3) is 0 Å². The Morgan fingerprint density at radius 2 is 2.07 bits per heavy atom. The van der Waals surface area contributed by atoms with E-state index in [9.17, 15) is 4.79 Å². The predicted molar refractivity (Wildman–Crippen MR) is 57.5 cm³/mol. The van der Waals surface area contributed by atoms with Crippen LogP contribution < -0.4 is 5.32 Å². The van der Waals surface area contributed by atoms with Crippen LogP contribution in [0.4, 0.5) is 0 Å². The first-order valence-corrected chi connectivity index (χ1v) is 5.71. The van der Waals surface area contributed by atoms with Crippen LogP contribution in [-0.2, 0) is 9.53 Å². The highest BCUT2D eigenvalue weighted by Gasteiger charge is 2.36. The Morgan fingerprint density at radius 1 is 1.47 bits per heavy atom. The van der Waals surface area contributed by atoms with Gasteiger partial charge in [-0.2, -0.15) is 0 Å². The number of hydrogen-bond acceptors (Lipinski definition) is 4. The lowest BCUT2D eigenvalue weighted by molar-refractivity contribution is -0.145. The SMILES string of the molecule is COC(=O)C(C)CN1CC2CNCC2C1. The van der Waals surface area contributed by atoms with E-state index in [1.54, 1.807) is 0 Å². The Hall–Kier alpha value is -0.610. The number of carbonyl (C=O) groups is 1. The number of ether oxygens (including phenoxy) is 1. The van der Waals surface area contributed by atoms with E-state index in [4.69, 9.17) is 4.74 Å². The number of rotatable bonds is 3. The number of fused-ring (bicyclic) bond motifs is 1. The van der Waals surface area contributed by atoms with E-state index < -0.39 is 0 Å². The minimum absolute atomic E-state index is 0.00165. The van der Waals surface area contributed by atoms with Gasteiger partial charge in [-0.1, -0.05) is 6.92 Å². The van der Waals surface area contributed by atoms with Gasteiger partial charge in [0.2, 0.25) is 0 Å². The smallest absolute Gasteiger partial charge is 0.309 e. The number of carbonyl (C=O) groups excluding carboxylic acids is 1. The number of hydrogen-bond donors (Lipinski definition) is 1. The molecule has 2 heterocycles. The van der Waals surface area contributed by atoms with E-state index in [-0.39, 0.29) is 11.9 Å². The van der Waals surface area contributed by atoms with E-state index in [1.807, 2.05) is 6.92 Å². The molecular formula is C11H20N2O2. The molecule has 3 unspecified atom stereocenters. The van der Waals surface area contributed by atoms with Crippen molar-refractivity contribution in [2.24, 2.45) is 17.8 Å². The van der Waals surface area contributed by atoms with Gasteiger partial charge in [0.1, 0.15) is 0 Å². The fourth-order valence-electron chi connectivity index (χ4n) is 2.76. The molecule has 0 aromatic heterocycles. The zero-order valence-electron chi connectivity index (χ0n) is 9.53. The zero-order valence-corrected chi connectivity index (χ0v) is 9.53. The van der Waals surface area contributed by atoms with Gasteiger partial charge in [-0.05, 0) is 24.9 Å². The molecule has 15 heavy (non-hydrogen) atoms. The highest BCUT2D eigenvalue weighted by atomic mass is 16.5. The molecule has 0 bridgehead atoms. The van der Waals surface area contributed by atoms with Crippen molar-refractivity contribution < 1.29 is 9.53 Å². The maximum atomic E-state index is 11.3. The van der Waals surface area contributed by atoms with Crippen LogP contribution in [0, 0.1) is 17.8 Å². The standard InChI is InChI=1S/C11H20N2O2/c1-8(11(14)15-2)5-13-6-9-3-12-4-10(9)7-13/h8-10,12H,3-7H2,1-2H3. The molecule has 2 aliphatic heterocycles. The summed E-state index contributed by atoms with van der Waals surface area (Å²) in [6.45, 7) is 7.36. The molecule has 4 nitrogen and oxygen atoms in total. The number of nitrogens with one attached hydrogen (secondary N) is 1. The monoisotopic (exact) mass is 212 g/mol. The molecule has 4 heteroatoms. The Balaban J connectivity index is 1.79. The Bertz CT molecular complexity index is 233. The zero-order chi connectivity index (χ0) is 10.8. The van der Waals surface area contributed by atoms with Crippen molar-refractivity contribution in [2.45, 2.75) is 6.92 Å². The van der Waals surface area contributed by atoms with Crippen LogP contribution >= 0.6 is 0 Å². The Morgan fingerprint density at radius 3 is 2.60 bits per heavy atom. The fraction of sp³-hybridized carbons (Fsp3) is 0.909. The summed E-state index contributed by atoms with van der Waals surface area (Å²) in [5.74, 6) is 1.51. The van der Waals surface area contributed by atoms with Crippen LogP contribution in [0.3, 0.4) is 0 Å². The van der Waals surface area contributed by atoms with Crippen LogP contribution in [0.5, 0.6) is 0 Å². The van der Waals surface area contributed by atoms with Gasteiger partial charge in [0.05, 0.1) is 13.0 Å². The third-order valence-corrected chi connectivity index (χ3v) is 3.60. The third kappa shape index (κ3) is 2.32. The van der Waals surface area contributed by atoms with Gasteiger partial charge < -0.3 is 15.0 Å². The first-order valence-electron chi connectivity index (χ1n) is 5.71. The summed E-state index contributed by atoms with van der Waals surface area (Å²) in [4.78, 5) is 13.7. The molecule has 0 spiro atoms. The lowest BCUT2D eigenvalue weighted by Gasteiger charge is -2.20. The van der Waals surface area contributed by atoms with Gasteiger partial charge in [-0.25, -0.2) is 0 Å². The summed E-state index contributed by atoms with van der Waals surface area (Å²) in [5.41, 5.74) is 0. The summed E-state index contributed by atoms with van der Waals surface area (Å²) in [6, 6.07) is 0. The summed E-state index contributed by atoms with van der Waals surface area (Å²) in [6.07, 6.45) is 0. The third-order valence-electron chi connectivity index (χ3n) is 3.60. The Labute approximate surface area is 91.0 Å². The second-order valence-corrected chi connectivity index (χ2v) is 4.82. The van der Waals surface area contributed by atoms with Gasteiger partial charge in [0.15, 0.2) is 0 Å². The summed E-state index contributed by atoms with van der Waals surface area (Å²) < 4.78 is 4.74. The number of nitrogens with zero attached hydrogens (tertiary/aromatic N) is 1. The van der Waals surface area contributed by atoms with E-state index >= 15 is 0 Å². The van der Waals surface area contributed by atoms with Crippen molar-refractivity contribution in [2.75, 3.05) is 39.8 Å². The molecule has 2 rings (SSSR count). The van der Waals surface area contributed by atoms with E-state index in [0.717, 1.165) is 44.6 Å². The van der Waals surface area contributed by atoms with Crippen LogP contribution in [0.15, 0.2) is 0 Å². The molecule has 2 aliphatic rings. The van der Waals surface area contributed by atoms with Gasteiger partial charge in [0.25, 0.3) is 0 Å². The van der Waals surface area contributed by atoms with Crippen molar-refractivity contribution in [1.82, 2.24) is 10.2 Å². The van der Waals surface area contributed by atoms with Crippen LogP contribution in [-0.4, -0.2) is 50.7 Å². The van der Waals surface area contributed by atoms with Crippen LogP contribution in [0.2, 0.25) is 0 Å². The van der Waals surface area contributed by atoms with Gasteiger partial charge in [-0.15, -0.1) is 0 Å². The van der Waals surface area contributed by atoms with Crippen molar-refractivity contribution in [3.8, 4) is 0 Å². The minimum Gasteiger partial charge on any atom is -0.469 e. The van der Waals surface area contributed by atoms with Gasteiger partial charge >= 0.3 is 5.97 Å². The molecular weight excluding hydrogens is 192 g/mol. The highest BCUT2D eigenvalue weighted by Crippen LogP contribution is 2.26. The second kappa shape index (κ2) is 4.49. The van der Waals surface area contributed by atoms with E-state index in [2.05, 4.69) is 10.2 Å². The maximum absolute atomic E-state index is 11.3. The molecule has 0 amide bonds. The predicted octanol–water partition coefficient (Wildman–Crippen LogP) is -0.0533. The summed E-state index contributed by atoms with van der Waals surface area (Å²) >= 11 is 0. The molecule has 1 N–H and O–H groups in total. The van der Waals surface area contributed by atoms with E-state index in [1.165, 1.54) is 7.11 Å². The second-order valence-electron chi connectivity index (χ2n) is 4.82. The van der Waals surface area contributed by atoms with Crippen molar-refractivity contribution in [1.29, 1.82) is 0 Å². The first kappa shape index (κ1) is 10.9. The summed E-state index contributed by atoms with van der Waals surface area (Å²) in [7, 11) is 1.46. The maximum Gasteiger partial charge on any atom is 0.309 e. The quantitative estimate of drug-likeness (QED) is 0.666. The minimum atomic E-state index is -0.0924. The van der Waals surface area contributed by atoms with Crippen molar-refractivity contribution >= 4 is 5.97 Å². The van der Waals surface area contributed by atoms with Gasteiger partial charge in [0, 0.05) is 19.6 Å². The fourth-order valence-corrected chi connectivity index (χ4v) is 2.76. The van der Waals surface area contributed by atoms with Crippen molar-refractivity contribution in [3.63, 3.8) is 0 Å². The molecule has 0 radical (unpaired) electrons. The largest absolute Gasteiger partial charge is 0.469 e. The Kier molecular flexibility index (Phi) is 3.26. The number of methoxy groups -OCH3 is 1. The van der Waals surface area contributed by atoms with Crippen LogP contribution in [0.1, 0.15) is 6.92 Å². The average Bonchev–Trinajstić information content (AvgIpc) is 2.76. The number of esters is 1. The molecule has 2 saturated heterocycles. The topological polar surface area (TPSA) is 41.6 Å². The molecule has 0 aliphatic carbocycles. The highest BCUT2D eigenvalue weighted by molar-refractivity contribution is 5.72. The normalized spacial score (nSPS) is 32.7. The lowest BCUT2D eigenvalue weighted by Crippen LogP contribution is -2.33. The molecule has 0 aromatic rings. The van der Waals surface area contributed by atoms with Gasteiger partial charge in [-0.3, -0.25) is 4.79 Å². The lowest BCUT2D eigenvalue weighted by atomic mass is 10.0. The molecule has 86 valence electrons. The summed E-state index contributed by atoms with van der Waals surface area (Å²) in [5, 5.41) is 3.41. The average molecular weight is 212 g/mol. The molecule has 0 aromatic carbocycles. The molecule has 3 atom stereocenters.